The molecule has 2 aromatic heterocycles. The van der Waals surface area contributed by atoms with Crippen LogP contribution in [-0.2, 0) is 4.74 Å². The van der Waals surface area contributed by atoms with Gasteiger partial charge in [0.25, 0.3) is 5.91 Å². The molecule has 1 fully saturated rings. The molecule has 0 aliphatic carbocycles. The molecular weight excluding hydrogens is 222 g/mol. The zero-order chi connectivity index (χ0) is 11.7. The molecule has 1 aliphatic heterocycles. The molecule has 1 aliphatic rings. The Morgan fingerprint density at radius 2 is 2.18 bits per heavy atom. The van der Waals surface area contributed by atoms with Gasteiger partial charge in [-0.25, -0.2) is 14.5 Å². The van der Waals surface area contributed by atoms with E-state index < -0.39 is 0 Å². The molecule has 3 rings (SSSR count). The van der Waals surface area contributed by atoms with Crippen molar-refractivity contribution in [2.24, 2.45) is 0 Å². The molecule has 0 N–H and O–H groups in total. The van der Waals surface area contributed by atoms with E-state index in [0.29, 0.717) is 37.5 Å². The summed E-state index contributed by atoms with van der Waals surface area (Å²) >= 11 is 0. The van der Waals surface area contributed by atoms with Gasteiger partial charge in [0.05, 0.1) is 19.4 Å². The van der Waals surface area contributed by atoms with Gasteiger partial charge in [-0.3, -0.25) is 4.79 Å². The molecule has 2 aromatic rings. The van der Waals surface area contributed by atoms with Crippen LogP contribution in [0.3, 0.4) is 0 Å². The summed E-state index contributed by atoms with van der Waals surface area (Å²) in [6.45, 7) is 2.39. The number of aromatic nitrogens is 4. The summed E-state index contributed by atoms with van der Waals surface area (Å²) in [6, 6.07) is 0. The second-order valence-electron chi connectivity index (χ2n) is 3.74. The van der Waals surface area contributed by atoms with E-state index in [1.54, 1.807) is 4.90 Å². The van der Waals surface area contributed by atoms with Gasteiger partial charge in [-0.2, -0.15) is 5.10 Å². The summed E-state index contributed by atoms with van der Waals surface area (Å²) in [6.07, 6.45) is 4.47. The van der Waals surface area contributed by atoms with Gasteiger partial charge in [0.2, 0.25) is 0 Å². The Kier molecular flexibility index (Phi) is 2.45. The SMILES string of the molecule is O=C(c1cnn2cncnc12)N1CCOCC1. The predicted molar refractivity (Wildman–Crippen MR) is 57.5 cm³/mol. The summed E-state index contributed by atoms with van der Waals surface area (Å²) in [5.74, 6) is -0.0537. The van der Waals surface area contributed by atoms with Crippen LogP contribution in [0.5, 0.6) is 0 Å². The van der Waals surface area contributed by atoms with Gasteiger partial charge < -0.3 is 9.64 Å². The molecule has 1 saturated heterocycles. The van der Waals surface area contributed by atoms with Gasteiger partial charge in [0.15, 0.2) is 5.65 Å². The van der Waals surface area contributed by atoms with Crippen molar-refractivity contribution >= 4 is 11.6 Å². The fraction of sp³-hybridized carbons (Fsp3) is 0.400. The van der Waals surface area contributed by atoms with Crippen molar-refractivity contribution in [1.82, 2.24) is 24.5 Å². The maximum absolute atomic E-state index is 12.2. The summed E-state index contributed by atoms with van der Waals surface area (Å²) in [7, 11) is 0. The molecule has 0 atom stereocenters. The fourth-order valence-corrected chi connectivity index (χ4v) is 1.84. The highest BCUT2D eigenvalue weighted by molar-refractivity contribution is 5.99. The number of nitrogens with zero attached hydrogens (tertiary/aromatic N) is 5. The fourth-order valence-electron chi connectivity index (χ4n) is 1.84. The van der Waals surface area contributed by atoms with Crippen molar-refractivity contribution in [3.05, 3.63) is 24.4 Å². The van der Waals surface area contributed by atoms with E-state index in [-0.39, 0.29) is 5.91 Å². The van der Waals surface area contributed by atoms with E-state index in [1.165, 1.54) is 23.4 Å². The normalized spacial score (nSPS) is 16.4. The molecule has 7 heteroatoms. The van der Waals surface area contributed by atoms with E-state index in [1.807, 2.05) is 0 Å². The lowest BCUT2D eigenvalue weighted by Gasteiger charge is -2.26. The van der Waals surface area contributed by atoms with E-state index in [0.717, 1.165) is 0 Å². The van der Waals surface area contributed by atoms with Crippen LogP contribution in [0.4, 0.5) is 0 Å². The molecule has 0 radical (unpaired) electrons. The Morgan fingerprint density at radius 3 is 3.00 bits per heavy atom. The largest absolute Gasteiger partial charge is 0.378 e. The number of carbonyl (C=O) groups excluding carboxylic acids is 1. The van der Waals surface area contributed by atoms with Gasteiger partial charge in [-0.05, 0) is 0 Å². The lowest BCUT2D eigenvalue weighted by molar-refractivity contribution is 0.0304. The molecule has 0 spiro atoms. The smallest absolute Gasteiger partial charge is 0.259 e. The summed E-state index contributed by atoms with van der Waals surface area (Å²) in [5, 5.41) is 4.05. The molecule has 3 heterocycles. The highest BCUT2D eigenvalue weighted by atomic mass is 16.5. The number of amides is 1. The van der Waals surface area contributed by atoms with Crippen LogP contribution < -0.4 is 0 Å². The van der Waals surface area contributed by atoms with Crippen LogP contribution in [0.1, 0.15) is 10.4 Å². The summed E-state index contributed by atoms with van der Waals surface area (Å²) in [4.78, 5) is 21.9. The second kappa shape index (κ2) is 4.10. The predicted octanol–water partition coefficient (Wildman–Crippen LogP) is -0.403. The van der Waals surface area contributed by atoms with Gasteiger partial charge in [0, 0.05) is 13.1 Å². The van der Waals surface area contributed by atoms with E-state index >= 15 is 0 Å². The number of hydrogen-bond acceptors (Lipinski definition) is 5. The molecule has 7 nitrogen and oxygen atoms in total. The minimum Gasteiger partial charge on any atom is -0.378 e. The topological polar surface area (TPSA) is 72.6 Å². The van der Waals surface area contributed by atoms with Crippen molar-refractivity contribution in [1.29, 1.82) is 0 Å². The van der Waals surface area contributed by atoms with Crippen LogP contribution in [0.25, 0.3) is 5.65 Å². The van der Waals surface area contributed by atoms with Crippen LogP contribution in [0, 0.1) is 0 Å². The first-order chi connectivity index (χ1) is 8.36. The average Bonchev–Trinajstić information content (AvgIpc) is 2.83. The van der Waals surface area contributed by atoms with Gasteiger partial charge in [0.1, 0.15) is 18.2 Å². The van der Waals surface area contributed by atoms with Crippen LogP contribution in [-0.4, -0.2) is 56.7 Å². The Morgan fingerprint density at radius 1 is 1.35 bits per heavy atom. The van der Waals surface area contributed by atoms with Crippen molar-refractivity contribution < 1.29 is 9.53 Å². The first-order valence-corrected chi connectivity index (χ1v) is 5.36. The maximum Gasteiger partial charge on any atom is 0.259 e. The molecule has 0 unspecified atom stereocenters. The van der Waals surface area contributed by atoms with Crippen molar-refractivity contribution in [3.8, 4) is 0 Å². The molecular formula is C10H11N5O2. The minimum atomic E-state index is -0.0537. The summed E-state index contributed by atoms with van der Waals surface area (Å²) in [5.41, 5.74) is 1.05. The Bertz CT molecular complexity index is 546. The number of rotatable bonds is 1. The van der Waals surface area contributed by atoms with Crippen molar-refractivity contribution in [2.45, 2.75) is 0 Å². The monoisotopic (exact) mass is 233 g/mol. The average molecular weight is 233 g/mol. The van der Waals surface area contributed by atoms with Crippen molar-refractivity contribution in [2.75, 3.05) is 26.3 Å². The lowest BCUT2D eigenvalue weighted by atomic mass is 10.2. The molecule has 0 saturated carbocycles. The van der Waals surface area contributed by atoms with Crippen molar-refractivity contribution in [3.63, 3.8) is 0 Å². The molecule has 0 bridgehead atoms. The van der Waals surface area contributed by atoms with E-state index in [4.69, 9.17) is 4.74 Å². The van der Waals surface area contributed by atoms with Crippen LogP contribution >= 0.6 is 0 Å². The zero-order valence-electron chi connectivity index (χ0n) is 9.11. The highest BCUT2D eigenvalue weighted by Crippen LogP contribution is 2.11. The van der Waals surface area contributed by atoms with E-state index in [9.17, 15) is 4.79 Å². The summed E-state index contributed by atoms with van der Waals surface area (Å²) < 4.78 is 6.71. The quantitative estimate of drug-likeness (QED) is 0.670. The van der Waals surface area contributed by atoms with Crippen LogP contribution in [0.2, 0.25) is 0 Å². The number of morpholine rings is 1. The third-order valence-corrected chi connectivity index (χ3v) is 2.72. The molecule has 88 valence electrons. The first-order valence-electron chi connectivity index (χ1n) is 5.36. The number of carbonyl (C=O) groups is 1. The van der Waals surface area contributed by atoms with E-state index in [2.05, 4.69) is 15.1 Å². The Labute approximate surface area is 97.0 Å². The van der Waals surface area contributed by atoms with Crippen LogP contribution in [0.15, 0.2) is 18.9 Å². The molecule has 0 aromatic carbocycles. The standard InChI is InChI=1S/C10H11N5O2/c16-10(14-1-3-17-4-2-14)8-5-13-15-7-11-6-12-9(8)15/h5-7H,1-4H2. The maximum atomic E-state index is 12.2. The first kappa shape index (κ1) is 10.2. The highest BCUT2D eigenvalue weighted by Gasteiger charge is 2.22. The number of fused-ring (bicyclic) bond motifs is 1. The van der Waals surface area contributed by atoms with Gasteiger partial charge in [-0.15, -0.1) is 0 Å². The minimum absolute atomic E-state index is 0.0537. The molecule has 17 heavy (non-hydrogen) atoms. The second-order valence-corrected chi connectivity index (χ2v) is 3.74. The Hall–Kier alpha value is -2.02. The lowest BCUT2D eigenvalue weighted by Crippen LogP contribution is -2.40. The van der Waals surface area contributed by atoms with Gasteiger partial charge in [-0.1, -0.05) is 0 Å². The Balaban J connectivity index is 1.95. The zero-order valence-corrected chi connectivity index (χ0v) is 9.11. The third kappa shape index (κ3) is 1.74. The number of ether oxygens (including phenoxy) is 1. The number of hydrogen-bond donors (Lipinski definition) is 0. The van der Waals surface area contributed by atoms with Gasteiger partial charge >= 0.3 is 0 Å². The molecule has 1 amide bonds. The third-order valence-electron chi connectivity index (χ3n) is 2.72.